The molecule has 0 fully saturated rings. The Kier molecular flexibility index (Phi) is 5.16. The van der Waals surface area contributed by atoms with Crippen molar-refractivity contribution in [2.24, 2.45) is 0 Å². The molecule has 3 N–H and O–H groups in total. The molecule has 4 heteroatoms. The van der Waals surface area contributed by atoms with Gasteiger partial charge in [-0.15, -0.1) is 0 Å². The van der Waals surface area contributed by atoms with Gasteiger partial charge in [-0.2, -0.15) is 5.10 Å². The van der Waals surface area contributed by atoms with Crippen molar-refractivity contribution in [3.8, 4) is 28.3 Å². The summed E-state index contributed by atoms with van der Waals surface area (Å²) in [4.78, 5) is 0. The topological polar surface area (TPSA) is 63.9 Å². The van der Waals surface area contributed by atoms with Crippen molar-refractivity contribution in [3.63, 3.8) is 0 Å². The number of hydrogen-bond donors (Lipinski definition) is 2. The predicted octanol–water partition coefficient (Wildman–Crippen LogP) is 4.89. The monoisotopic (exact) mass is 321 g/mol. The average molecular weight is 321 g/mol. The summed E-state index contributed by atoms with van der Waals surface area (Å²) in [5.41, 5.74) is 10.4. The number of unbranched alkanes of at least 4 members (excludes halogenated alkanes) is 2. The molecule has 0 unspecified atom stereocenters. The summed E-state index contributed by atoms with van der Waals surface area (Å²) in [6.45, 7) is 2.93. The highest BCUT2D eigenvalue weighted by atomic mass is 16.5. The first-order chi connectivity index (χ1) is 11.8. The first-order valence-corrected chi connectivity index (χ1v) is 8.41. The second kappa shape index (κ2) is 7.68. The maximum Gasteiger partial charge on any atom is 0.128 e. The van der Waals surface area contributed by atoms with Gasteiger partial charge in [0, 0.05) is 16.8 Å². The molecule has 0 bridgehead atoms. The number of ether oxygens (including phenoxy) is 1. The minimum atomic E-state index is 0.740. The fourth-order valence-corrected chi connectivity index (χ4v) is 2.61. The standard InChI is InChI=1S/C20H23N3O/c1-2-3-6-13-24-20-8-5-4-7-17(20)19-14-18(22-23-19)15-9-11-16(21)12-10-15/h4-5,7-12,14H,2-3,6,13,21H2,1H3,(H,22,23). The molecule has 3 aromatic rings. The van der Waals surface area contributed by atoms with Crippen LogP contribution in [0.15, 0.2) is 54.6 Å². The SMILES string of the molecule is CCCCCOc1ccccc1-c1cc(-c2ccc(N)cc2)n[nH]1. The summed E-state index contributed by atoms with van der Waals surface area (Å²) in [5.74, 6) is 0.890. The maximum atomic E-state index is 5.96. The van der Waals surface area contributed by atoms with Crippen LogP contribution in [0.4, 0.5) is 5.69 Å². The van der Waals surface area contributed by atoms with Gasteiger partial charge in [0.05, 0.1) is 18.0 Å². The number of aromatic amines is 1. The Balaban J connectivity index is 1.81. The number of nitrogen functional groups attached to an aromatic ring is 1. The molecule has 1 heterocycles. The van der Waals surface area contributed by atoms with Crippen molar-refractivity contribution in [1.29, 1.82) is 0 Å². The van der Waals surface area contributed by atoms with Crippen molar-refractivity contribution in [1.82, 2.24) is 10.2 Å². The van der Waals surface area contributed by atoms with Crippen molar-refractivity contribution in [3.05, 3.63) is 54.6 Å². The summed E-state index contributed by atoms with van der Waals surface area (Å²) in [6, 6.07) is 17.8. The molecule has 0 spiro atoms. The zero-order valence-electron chi connectivity index (χ0n) is 14.0. The number of nitrogens with zero attached hydrogens (tertiary/aromatic N) is 1. The smallest absolute Gasteiger partial charge is 0.128 e. The summed E-state index contributed by atoms with van der Waals surface area (Å²) >= 11 is 0. The highest BCUT2D eigenvalue weighted by Crippen LogP contribution is 2.31. The molecule has 0 aliphatic heterocycles. The molecule has 24 heavy (non-hydrogen) atoms. The number of H-pyrrole nitrogens is 1. The Morgan fingerprint density at radius 2 is 1.83 bits per heavy atom. The predicted molar refractivity (Wildman–Crippen MR) is 98.9 cm³/mol. The van der Waals surface area contributed by atoms with E-state index in [1.54, 1.807) is 0 Å². The Bertz CT molecular complexity index is 778. The highest BCUT2D eigenvalue weighted by molar-refractivity contribution is 5.72. The second-order valence-electron chi connectivity index (χ2n) is 5.84. The van der Waals surface area contributed by atoms with Crippen LogP contribution in [0, 0.1) is 0 Å². The van der Waals surface area contributed by atoms with E-state index >= 15 is 0 Å². The minimum absolute atomic E-state index is 0.740. The van der Waals surface area contributed by atoms with Gasteiger partial charge < -0.3 is 10.5 Å². The largest absolute Gasteiger partial charge is 0.493 e. The Hall–Kier alpha value is -2.75. The molecule has 2 aromatic carbocycles. The summed E-state index contributed by atoms with van der Waals surface area (Å²) < 4.78 is 5.96. The van der Waals surface area contributed by atoms with E-state index < -0.39 is 0 Å². The van der Waals surface area contributed by atoms with Crippen molar-refractivity contribution >= 4 is 5.69 Å². The number of para-hydroxylation sites is 1. The molecule has 0 aliphatic carbocycles. The lowest BCUT2D eigenvalue weighted by atomic mass is 10.1. The molecular weight excluding hydrogens is 298 g/mol. The number of hydrogen-bond acceptors (Lipinski definition) is 3. The van der Waals surface area contributed by atoms with Crippen LogP contribution in [0.5, 0.6) is 5.75 Å². The van der Waals surface area contributed by atoms with E-state index in [0.717, 1.165) is 47.0 Å². The number of aromatic nitrogens is 2. The van der Waals surface area contributed by atoms with Gasteiger partial charge >= 0.3 is 0 Å². The maximum absolute atomic E-state index is 5.96. The van der Waals surface area contributed by atoms with Crippen LogP contribution in [-0.4, -0.2) is 16.8 Å². The van der Waals surface area contributed by atoms with E-state index in [9.17, 15) is 0 Å². The van der Waals surface area contributed by atoms with Gasteiger partial charge in [-0.1, -0.05) is 44.0 Å². The Morgan fingerprint density at radius 3 is 2.62 bits per heavy atom. The number of rotatable bonds is 7. The Labute approximate surface area is 142 Å². The third-order valence-electron chi connectivity index (χ3n) is 3.97. The van der Waals surface area contributed by atoms with Crippen LogP contribution in [0.25, 0.3) is 22.5 Å². The van der Waals surface area contributed by atoms with E-state index in [1.807, 2.05) is 48.5 Å². The van der Waals surface area contributed by atoms with Crippen molar-refractivity contribution < 1.29 is 4.74 Å². The molecule has 0 saturated heterocycles. The third-order valence-corrected chi connectivity index (χ3v) is 3.97. The van der Waals surface area contributed by atoms with Crippen LogP contribution < -0.4 is 10.5 Å². The summed E-state index contributed by atoms with van der Waals surface area (Å²) in [5, 5.41) is 7.54. The van der Waals surface area contributed by atoms with Gasteiger partial charge in [-0.05, 0) is 36.8 Å². The molecule has 124 valence electrons. The van der Waals surface area contributed by atoms with Gasteiger partial charge in [0.2, 0.25) is 0 Å². The molecule has 3 rings (SSSR count). The van der Waals surface area contributed by atoms with E-state index in [0.29, 0.717) is 0 Å². The zero-order valence-corrected chi connectivity index (χ0v) is 14.0. The van der Waals surface area contributed by atoms with Gasteiger partial charge in [0.25, 0.3) is 0 Å². The quantitative estimate of drug-likeness (QED) is 0.481. The van der Waals surface area contributed by atoms with Gasteiger partial charge in [0.15, 0.2) is 0 Å². The molecule has 0 aliphatic rings. The van der Waals surface area contributed by atoms with E-state index in [4.69, 9.17) is 10.5 Å². The normalized spacial score (nSPS) is 10.7. The van der Waals surface area contributed by atoms with Crippen LogP contribution >= 0.6 is 0 Å². The molecule has 4 nitrogen and oxygen atoms in total. The fraction of sp³-hybridized carbons (Fsp3) is 0.250. The second-order valence-corrected chi connectivity index (χ2v) is 5.84. The van der Waals surface area contributed by atoms with Crippen molar-refractivity contribution in [2.45, 2.75) is 26.2 Å². The van der Waals surface area contributed by atoms with Crippen LogP contribution in [0.3, 0.4) is 0 Å². The summed E-state index contributed by atoms with van der Waals surface area (Å²) in [7, 11) is 0. The van der Waals surface area contributed by atoms with E-state index in [2.05, 4.69) is 23.2 Å². The first-order valence-electron chi connectivity index (χ1n) is 8.41. The molecule has 1 aromatic heterocycles. The first kappa shape index (κ1) is 16.1. The molecule has 0 atom stereocenters. The molecule has 0 amide bonds. The zero-order chi connectivity index (χ0) is 16.8. The number of benzene rings is 2. The molecule has 0 radical (unpaired) electrons. The Morgan fingerprint density at radius 1 is 1.04 bits per heavy atom. The van der Waals surface area contributed by atoms with Gasteiger partial charge in [-0.25, -0.2) is 0 Å². The van der Waals surface area contributed by atoms with Crippen LogP contribution in [0.2, 0.25) is 0 Å². The summed E-state index contributed by atoms with van der Waals surface area (Å²) in [6.07, 6.45) is 3.45. The minimum Gasteiger partial charge on any atom is -0.493 e. The average Bonchev–Trinajstić information content (AvgIpc) is 3.10. The number of nitrogens with two attached hydrogens (primary N) is 1. The number of nitrogens with one attached hydrogen (secondary N) is 1. The molecule has 0 saturated carbocycles. The van der Waals surface area contributed by atoms with Crippen LogP contribution in [0.1, 0.15) is 26.2 Å². The molecular formula is C20H23N3O. The van der Waals surface area contributed by atoms with Crippen LogP contribution in [-0.2, 0) is 0 Å². The lowest BCUT2D eigenvalue weighted by Crippen LogP contribution is -1.98. The highest BCUT2D eigenvalue weighted by Gasteiger charge is 2.10. The van der Waals surface area contributed by atoms with Gasteiger partial charge in [0.1, 0.15) is 5.75 Å². The lowest BCUT2D eigenvalue weighted by Gasteiger charge is -2.09. The number of anilines is 1. The third kappa shape index (κ3) is 3.77. The van der Waals surface area contributed by atoms with Crippen molar-refractivity contribution in [2.75, 3.05) is 12.3 Å². The lowest BCUT2D eigenvalue weighted by molar-refractivity contribution is 0.307. The van der Waals surface area contributed by atoms with E-state index in [1.165, 1.54) is 12.8 Å². The fourth-order valence-electron chi connectivity index (χ4n) is 2.61. The van der Waals surface area contributed by atoms with Gasteiger partial charge in [-0.3, -0.25) is 5.10 Å². The van der Waals surface area contributed by atoms with E-state index in [-0.39, 0.29) is 0 Å².